The number of piperazine rings is 1. The van der Waals surface area contributed by atoms with E-state index in [-0.39, 0.29) is 0 Å². The molecule has 3 nitrogen and oxygen atoms in total. The van der Waals surface area contributed by atoms with E-state index in [2.05, 4.69) is 64.4 Å². The van der Waals surface area contributed by atoms with Crippen LogP contribution in [0.2, 0.25) is 0 Å². The van der Waals surface area contributed by atoms with E-state index in [9.17, 15) is 0 Å². The summed E-state index contributed by atoms with van der Waals surface area (Å²) in [6, 6.07) is 19.4. The fourth-order valence-electron chi connectivity index (χ4n) is 3.35. The van der Waals surface area contributed by atoms with E-state index in [0.717, 1.165) is 39.3 Å². The third-order valence-corrected chi connectivity index (χ3v) is 4.58. The standard InChI is InChI=1S/C19H21N3/c1-2-6-16(7-3-1)15-21-10-12-22(13-11-21)19-18-9-5-4-8-17(18)14-20-19/h1-9H,10-15H2. The number of aliphatic imine (C=N–C) groups is 1. The van der Waals surface area contributed by atoms with Gasteiger partial charge in [-0.15, -0.1) is 0 Å². The molecule has 0 bridgehead atoms. The van der Waals surface area contributed by atoms with Gasteiger partial charge in [0, 0.05) is 38.3 Å². The van der Waals surface area contributed by atoms with Crippen molar-refractivity contribution in [3.63, 3.8) is 0 Å². The summed E-state index contributed by atoms with van der Waals surface area (Å²) in [5.41, 5.74) is 4.10. The van der Waals surface area contributed by atoms with Crippen LogP contribution in [0.4, 0.5) is 0 Å². The fourth-order valence-corrected chi connectivity index (χ4v) is 3.35. The van der Waals surface area contributed by atoms with Gasteiger partial charge in [0.05, 0.1) is 6.54 Å². The molecule has 0 atom stereocenters. The molecule has 1 saturated heterocycles. The van der Waals surface area contributed by atoms with E-state index in [4.69, 9.17) is 4.99 Å². The van der Waals surface area contributed by atoms with Crippen LogP contribution in [0.1, 0.15) is 16.7 Å². The van der Waals surface area contributed by atoms with Crippen LogP contribution in [0, 0.1) is 0 Å². The van der Waals surface area contributed by atoms with Gasteiger partial charge in [0.2, 0.25) is 0 Å². The van der Waals surface area contributed by atoms with Crippen LogP contribution in [0.5, 0.6) is 0 Å². The molecule has 0 radical (unpaired) electrons. The largest absolute Gasteiger partial charge is 0.354 e. The van der Waals surface area contributed by atoms with Crippen molar-refractivity contribution >= 4 is 5.84 Å². The van der Waals surface area contributed by atoms with Crippen LogP contribution >= 0.6 is 0 Å². The first-order valence-corrected chi connectivity index (χ1v) is 8.04. The molecule has 1 fully saturated rings. The Hall–Kier alpha value is -2.13. The summed E-state index contributed by atoms with van der Waals surface area (Å²) in [5, 5.41) is 0. The number of nitrogens with zero attached hydrogens (tertiary/aromatic N) is 3. The summed E-state index contributed by atoms with van der Waals surface area (Å²) >= 11 is 0. The van der Waals surface area contributed by atoms with E-state index in [1.165, 1.54) is 22.5 Å². The number of hydrogen-bond donors (Lipinski definition) is 0. The maximum Gasteiger partial charge on any atom is 0.131 e. The number of hydrogen-bond acceptors (Lipinski definition) is 3. The fraction of sp³-hybridized carbons (Fsp3) is 0.316. The van der Waals surface area contributed by atoms with Crippen molar-refractivity contribution in [1.82, 2.24) is 9.80 Å². The zero-order chi connectivity index (χ0) is 14.8. The van der Waals surface area contributed by atoms with Crippen molar-refractivity contribution in [3.8, 4) is 0 Å². The third kappa shape index (κ3) is 2.64. The average molecular weight is 291 g/mol. The quantitative estimate of drug-likeness (QED) is 0.847. The van der Waals surface area contributed by atoms with Gasteiger partial charge in [-0.25, -0.2) is 0 Å². The van der Waals surface area contributed by atoms with E-state index in [0.29, 0.717) is 0 Å². The van der Waals surface area contributed by atoms with Gasteiger partial charge in [0.25, 0.3) is 0 Å². The Bertz CT molecular complexity index is 670. The summed E-state index contributed by atoms with van der Waals surface area (Å²) in [5.74, 6) is 1.20. The molecule has 2 aliphatic heterocycles. The normalized spacial score (nSPS) is 18.2. The zero-order valence-corrected chi connectivity index (χ0v) is 12.8. The summed E-state index contributed by atoms with van der Waals surface area (Å²) in [4.78, 5) is 9.75. The van der Waals surface area contributed by atoms with Gasteiger partial charge in [-0.1, -0.05) is 54.6 Å². The Kier molecular flexibility index (Phi) is 3.65. The molecule has 2 heterocycles. The molecule has 22 heavy (non-hydrogen) atoms. The lowest BCUT2D eigenvalue weighted by atomic mass is 10.1. The van der Waals surface area contributed by atoms with Crippen LogP contribution < -0.4 is 0 Å². The summed E-state index contributed by atoms with van der Waals surface area (Å²) < 4.78 is 0. The first-order chi connectivity index (χ1) is 10.9. The molecule has 0 N–H and O–H groups in total. The van der Waals surface area contributed by atoms with Crippen molar-refractivity contribution in [1.29, 1.82) is 0 Å². The Morgan fingerprint density at radius 2 is 1.55 bits per heavy atom. The molecule has 0 unspecified atom stereocenters. The summed E-state index contributed by atoms with van der Waals surface area (Å²) in [7, 11) is 0. The molecule has 112 valence electrons. The first kappa shape index (κ1) is 13.5. The molecule has 4 rings (SSSR count). The van der Waals surface area contributed by atoms with Gasteiger partial charge >= 0.3 is 0 Å². The van der Waals surface area contributed by atoms with Gasteiger partial charge in [-0.2, -0.15) is 0 Å². The molecule has 3 heteroatoms. The monoisotopic (exact) mass is 291 g/mol. The lowest BCUT2D eigenvalue weighted by Crippen LogP contribution is -2.48. The molecule has 2 aliphatic rings. The Balaban J connectivity index is 1.39. The van der Waals surface area contributed by atoms with E-state index < -0.39 is 0 Å². The van der Waals surface area contributed by atoms with E-state index >= 15 is 0 Å². The minimum Gasteiger partial charge on any atom is -0.354 e. The van der Waals surface area contributed by atoms with Crippen molar-refractivity contribution in [3.05, 3.63) is 71.3 Å². The minimum absolute atomic E-state index is 0.843. The van der Waals surface area contributed by atoms with Crippen LogP contribution in [0.25, 0.3) is 0 Å². The maximum absolute atomic E-state index is 4.76. The first-order valence-electron chi connectivity index (χ1n) is 8.04. The van der Waals surface area contributed by atoms with E-state index in [1.54, 1.807) is 0 Å². The lowest BCUT2D eigenvalue weighted by molar-refractivity contribution is 0.176. The second-order valence-corrected chi connectivity index (χ2v) is 6.05. The summed E-state index contributed by atoms with van der Waals surface area (Å²) in [6.07, 6.45) is 0. The van der Waals surface area contributed by atoms with Gasteiger partial charge < -0.3 is 4.90 Å². The third-order valence-electron chi connectivity index (χ3n) is 4.58. The predicted octanol–water partition coefficient (Wildman–Crippen LogP) is 2.76. The molecule has 2 aromatic carbocycles. The Labute approximate surface area is 131 Å². The Morgan fingerprint density at radius 3 is 2.36 bits per heavy atom. The molecule has 0 aliphatic carbocycles. The second kappa shape index (κ2) is 5.93. The highest BCUT2D eigenvalue weighted by atomic mass is 15.3. The van der Waals surface area contributed by atoms with Crippen molar-refractivity contribution in [2.75, 3.05) is 26.2 Å². The number of amidine groups is 1. The van der Waals surface area contributed by atoms with Crippen LogP contribution in [0.15, 0.2) is 59.6 Å². The second-order valence-electron chi connectivity index (χ2n) is 6.05. The average Bonchev–Trinajstić information content (AvgIpc) is 3.01. The summed E-state index contributed by atoms with van der Waals surface area (Å²) in [6.45, 7) is 6.25. The Morgan fingerprint density at radius 1 is 0.818 bits per heavy atom. The minimum atomic E-state index is 0.843. The highest BCUT2D eigenvalue weighted by Crippen LogP contribution is 2.21. The highest BCUT2D eigenvalue weighted by Gasteiger charge is 2.24. The number of fused-ring (bicyclic) bond motifs is 1. The van der Waals surface area contributed by atoms with Gasteiger partial charge in [0.15, 0.2) is 0 Å². The molecular weight excluding hydrogens is 270 g/mol. The zero-order valence-electron chi connectivity index (χ0n) is 12.8. The van der Waals surface area contributed by atoms with Crippen molar-refractivity contribution in [2.24, 2.45) is 4.99 Å². The molecular formula is C19H21N3. The van der Waals surface area contributed by atoms with Gasteiger partial charge in [-0.3, -0.25) is 9.89 Å². The molecule has 0 saturated carbocycles. The van der Waals surface area contributed by atoms with Gasteiger partial charge in [0.1, 0.15) is 5.84 Å². The topological polar surface area (TPSA) is 18.8 Å². The molecule has 0 spiro atoms. The predicted molar refractivity (Wildman–Crippen MR) is 90.0 cm³/mol. The van der Waals surface area contributed by atoms with Crippen LogP contribution in [0.3, 0.4) is 0 Å². The van der Waals surface area contributed by atoms with Crippen LogP contribution in [-0.4, -0.2) is 41.8 Å². The number of benzene rings is 2. The highest BCUT2D eigenvalue weighted by molar-refractivity contribution is 6.02. The lowest BCUT2D eigenvalue weighted by Gasteiger charge is -2.36. The SMILES string of the molecule is c1ccc(CN2CCN(C3=NCc4ccccc43)CC2)cc1. The number of rotatable bonds is 2. The van der Waals surface area contributed by atoms with Crippen molar-refractivity contribution < 1.29 is 0 Å². The maximum atomic E-state index is 4.76. The van der Waals surface area contributed by atoms with Crippen LogP contribution in [-0.2, 0) is 13.1 Å². The molecule has 0 amide bonds. The molecule has 0 aromatic heterocycles. The van der Waals surface area contributed by atoms with Gasteiger partial charge in [-0.05, 0) is 11.1 Å². The van der Waals surface area contributed by atoms with E-state index in [1.807, 2.05) is 0 Å². The van der Waals surface area contributed by atoms with Crippen molar-refractivity contribution in [2.45, 2.75) is 13.1 Å². The smallest absolute Gasteiger partial charge is 0.131 e. The molecule has 2 aromatic rings.